The lowest BCUT2D eigenvalue weighted by molar-refractivity contribution is -0.216. The molecule has 404 valence electrons. The molecular weight excluding hydrogens is 962 g/mol. The van der Waals surface area contributed by atoms with E-state index in [-0.39, 0.29) is 25.7 Å². The van der Waals surface area contributed by atoms with Gasteiger partial charge in [-0.05, 0) is 83.5 Å². The van der Waals surface area contributed by atoms with Crippen molar-refractivity contribution in [2.24, 2.45) is 0 Å². The highest BCUT2D eigenvalue weighted by Gasteiger charge is 2.54. The van der Waals surface area contributed by atoms with Crippen LogP contribution in [0.3, 0.4) is 0 Å². The SMILES string of the molecule is CC/C=C\C/C=C\C/C=C\C/C=C\C/C=C\CCCCCC(=O)O[C@H](COC(=O)CCC[C@H](O)\C=C/C=C/C=C/[C@H](O)C/C=C\CCCCC)COP(=O)(O)O[C@H]1C(O)C(O)C(O)[C@@H](OP(=O)(O)O)C1O. The number of esters is 2. The van der Waals surface area contributed by atoms with E-state index in [0.29, 0.717) is 19.3 Å². The number of phosphoric acid groups is 2. The molecule has 18 nitrogen and oxygen atoms in total. The third-order valence-corrected chi connectivity index (χ3v) is 12.0. The van der Waals surface area contributed by atoms with Crippen LogP contribution in [-0.4, -0.2) is 125 Å². The largest absolute Gasteiger partial charge is 0.472 e. The standard InChI is InChI=1S/C51H82O18P2/c1-3-5-7-9-11-12-13-14-15-16-17-18-19-20-21-22-23-25-31-37-45(55)67-43(40-66-71(63,64)69-51-48(58)46(56)47(57)50(49(51)59)68-70(60,61)62)39-65-44(54)38-32-36-42(53)35-30-27-26-29-34-41(52)33-28-24-10-8-6-4-2/h5,7,11-12,14-15,17-18,20-21,24,26-30,34-35,41-43,46-53,56-59H,3-4,6,8-10,13,16,19,22-23,25,31-33,36-40H2,1-2H3,(H,63,64)(H2,60,61,62)/b7-5-,12-11-,15-14-,18-17-,21-20-,27-26+,28-24-,34-29+,35-30-/t41-,42-,43-,46?,47?,48?,49?,50-,51+/m1/s1. The number of aliphatic hydroxyl groups is 6. The number of unbranched alkanes of at least 4 members (excludes halogenated alkanes) is 6. The summed E-state index contributed by atoms with van der Waals surface area (Å²) in [7, 11) is -10.8. The van der Waals surface area contributed by atoms with Crippen LogP contribution in [0.2, 0.25) is 0 Å². The van der Waals surface area contributed by atoms with Crippen LogP contribution in [0.25, 0.3) is 0 Å². The van der Waals surface area contributed by atoms with Crippen molar-refractivity contribution in [1.82, 2.24) is 0 Å². The van der Waals surface area contributed by atoms with Crippen LogP contribution in [0.1, 0.15) is 129 Å². The number of ether oxygens (including phenoxy) is 2. The molecule has 0 amide bonds. The minimum absolute atomic E-state index is 0.0548. The molecule has 0 saturated heterocycles. The highest BCUT2D eigenvalue weighted by atomic mass is 31.2. The van der Waals surface area contributed by atoms with Crippen LogP contribution >= 0.6 is 15.6 Å². The van der Waals surface area contributed by atoms with Gasteiger partial charge in [-0.3, -0.25) is 23.2 Å². The number of rotatable bonds is 39. The Balaban J connectivity index is 2.72. The van der Waals surface area contributed by atoms with Crippen LogP contribution in [0.5, 0.6) is 0 Å². The Morgan fingerprint density at radius 2 is 1.07 bits per heavy atom. The minimum Gasteiger partial charge on any atom is -0.462 e. The number of hydrogen-bond acceptors (Lipinski definition) is 15. The second-order valence-electron chi connectivity index (χ2n) is 16.8. The highest BCUT2D eigenvalue weighted by Crippen LogP contribution is 2.49. The first kappa shape index (κ1) is 65.6. The van der Waals surface area contributed by atoms with Gasteiger partial charge in [0.1, 0.15) is 43.2 Å². The van der Waals surface area contributed by atoms with Crippen LogP contribution in [0.4, 0.5) is 0 Å². The van der Waals surface area contributed by atoms with Gasteiger partial charge in [0, 0.05) is 12.8 Å². The van der Waals surface area contributed by atoms with Gasteiger partial charge in [0.2, 0.25) is 0 Å². The maximum Gasteiger partial charge on any atom is 0.472 e. The van der Waals surface area contributed by atoms with Gasteiger partial charge in [-0.2, -0.15) is 0 Å². The van der Waals surface area contributed by atoms with E-state index >= 15 is 0 Å². The molecule has 0 spiro atoms. The second-order valence-corrected chi connectivity index (χ2v) is 19.4. The molecule has 1 rings (SSSR count). The van der Waals surface area contributed by atoms with Crippen LogP contribution < -0.4 is 0 Å². The van der Waals surface area contributed by atoms with E-state index in [9.17, 15) is 64.0 Å². The molecule has 0 heterocycles. The van der Waals surface area contributed by atoms with Crippen molar-refractivity contribution in [3.63, 3.8) is 0 Å². The van der Waals surface area contributed by atoms with Gasteiger partial charge in [0.15, 0.2) is 6.10 Å². The predicted octanol–water partition coefficient (Wildman–Crippen LogP) is 7.67. The van der Waals surface area contributed by atoms with Gasteiger partial charge in [-0.25, -0.2) is 9.13 Å². The van der Waals surface area contributed by atoms with E-state index < -0.39 is 95.7 Å². The average molecular weight is 1050 g/mol. The Kier molecular flexibility index (Phi) is 37.0. The molecule has 9 N–H and O–H groups in total. The molecule has 20 heteroatoms. The zero-order valence-electron chi connectivity index (χ0n) is 41.3. The van der Waals surface area contributed by atoms with Crippen molar-refractivity contribution < 1.29 is 87.1 Å². The monoisotopic (exact) mass is 1040 g/mol. The van der Waals surface area contributed by atoms with Gasteiger partial charge < -0.3 is 54.8 Å². The molecule has 1 saturated carbocycles. The van der Waals surface area contributed by atoms with E-state index in [2.05, 4.69) is 85.2 Å². The van der Waals surface area contributed by atoms with Crippen molar-refractivity contribution in [3.8, 4) is 0 Å². The number of allylic oxidation sites excluding steroid dienone is 15. The number of phosphoric ester groups is 2. The fourth-order valence-corrected chi connectivity index (χ4v) is 8.20. The van der Waals surface area contributed by atoms with Crippen LogP contribution in [0.15, 0.2) is 109 Å². The van der Waals surface area contributed by atoms with Crippen molar-refractivity contribution in [1.29, 1.82) is 0 Å². The van der Waals surface area contributed by atoms with Crippen molar-refractivity contribution in [2.75, 3.05) is 13.2 Å². The highest BCUT2D eigenvalue weighted by molar-refractivity contribution is 7.47. The summed E-state index contributed by atoms with van der Waals surface area (Å²) in [4.78, 5) is 54.4. The number of hydrogen-bond donors (Lipinski definition) is 9. The molecule has 0 aromatic rings. The topological polar surface area (TPSA) is 296 Å². The summed E-state index contributed by atoms with van der Waals surface area (Å²) in [5.41, 5.74) is 0. The molecule has 5 unspecified atom stereocenters. The Labute approximate surface area is 420 Å². The zero-order valence-corrected chi connectivity index (χ0v) is 43.1. The molecule has 0 radical (unpaired) electrons. The van der Waals surface area contributed by atoms with E-state index in [1.165, 1.54) is 12.5 Å². The van der Waals surface area contributed by atoms with Crippen LogP contribution in [0, 0.1) is 0 Å². The molecule has 10 atom stereocenters. The molecule has 1 aliphatic rings. The first-order chi connectivity index (χ1) is 33.9. The Bertz CT molecular complexity index is 1820. The van der Waals surface area contributed by atoms with Gasteiger partial charge >= 0.3 is 27.6 Å². The van der Waals surface area contributed by atoms with E-state index in [0.717, 1.165) is 64.2 Å². The smallest absolute Gasteiger partial charge is 0.462 e. The average Bonchev–Trinajstić information content (AvgIpc) is 3.32. The van der Waals surface area contributed by atoms with Crippen molar-refractivity contribution in [2.45, 2.75) is 184 Å². The fraction of sp³-hybridized carbons (Fsp3) is 0.608. The third kappa shape index (κ3) is 34.6. The normalized spacial score (nSPS) is 22.7. The summed E-state index contributed by atoms with van der Waals surface area (Å²) < 4.78 is 49.2. The summed E-state index contributed by atoms with van der Waals surface area (Å²) in [5.74, 6) is -1.50. The molecule has 1 aliphatic carbocycles. The Hall–Kier alpha value is -3.42. The van der Waals surface area contributed by atoms with Gasteiger partial charge in [-0.15, -0.1) is 0 Å². The molecule has 0 aliphatic heterocycles. The van der Waals surface area contributed by atoms with E-state index in [1.54, 1.807) is 30.4 Å². The summed E-state index contributed by atoms with van der Waals surface area (Å²) in [6.45, 7) is 2.69. The zero-order chi connectivity index (χ0) is 52.8. The first-order valence-corrected chi connectivity index (χ1v) is 27.7. The molecular formula is C51H82O18P2. The number of carbonyl (C=O) groups is 2. The number of aliphatic hydroxyl groups excluding tert-OH is 6. The lowest BCUT2D eigenvalue weighted by Gasteiger charge is -2.43. The lowest BCUT2D eigenvalue weighted by atomic mass is 9.85. The van der Waals surface area contributed by atoms with Gasteiger partial charge in [0.05, 0.1) is 18.8 Å². The van der Waals surface area contributed by atoms with E-state index in [4.69, 9.17) is 18.5 Å². The fourth-order valence-electron chi connectivity index (χ4n) is 6.66. The van der Waals surface area contributed by atoms with Gasteiger partial charge in [-0.1, -0.05) is 142 Å². The Morgan fingerprint density at radius 3 is 1.65 bits per heavy atom. The predicted molar refractivity (Wildman–Crippen MR) is 271 cm³/mol. The van der Waals surface area contributed by atoms with Crippen LogP contribution in [-0.2, 0) is 41.8 Å². The number of carbonyl (C=O) groups excluding carboxylic acids is 2. The molecule has 71 heavy (non-hydrogen) atoms. The molecule has 1 fully saturated rings. The second kappa shape index (κ2) is 40.0. The summed E-state index contributed by atoms with van der Waals surface area (Å²) in [6.07, 6.45) is 30.8. The summed E-state index contributed by atoms with van der Waals surface area (Å²) >= 11 is 0. The maximum atomic E-state index is 13.0. The summed E-state index contributed by atoms with van der Waals surface area (Å²) in [6, 6.07) is 0. The maximum absolute atomic E-state index is 13.0. The summed E-state index contributed by atoms with van der Waals surface area (Å²) in [5, 5.41) is 61.7. The first-order valence-electron chi connectivity index (χ1n) is 24.6. The van der Waals surface area contributed by atoms with Crippen molar-refractivity contribution in [3.05, 3.63) is 109 Å². The minimum atomic E-state index is -5.40. The Morgan fingerprint density at radius 1 is 0.549 bits per heavy atom. The molecule has 0 aromatic heterocycles. The molecule has 0 aromatic carbocycles. The van der Waals surface area contributed by atoms with Gasteiger partial charge in [0.25, 0.3) is 0 Å². The van der Waals surface area contributed by atoms with E-state index in [1.807, 2.05) is 6.08 Å². The van der Waals surface area contributed by atoms with Crippen molar-refractivity contribution >= 4 is 27.6 Å². The quantitative estimate of drug-likeness (QED) is 0.00938. The molecule has 0 bridgehead atoms. The lowest BCUT2D eigenvalue weighted by Crippen LogP contribution is -2.64. The third-order valence-electron chi connectivity index (χ3n) is 10.5.